The van der Waals surface area contributed by atoms with Crippen molar-refractivity contribution < 1.29 is 4.74 Å². The number of aromatic nitrogens is 4. The van der Waals surface area contributed by atoms with Gasteiger partial charge in [0.2, 0.25) is 5.95 Å². The van der Waals surface area contributed by atoms with Crippen molar-refractivity contribution in [2.75, 3.05) is 23.8 Å². The van der Waals surface area contributed by atoms with E-state index in [1.54, 1.807) is 12.4 Å². The van der Waals surface area contributed by atoms with Crippen LogP contribution in [-0.4, -0.2) is 39.2 Å². The first-order valence-corrected chi connectivity index (χ1v) is 8.94. The average molecular weight is 371 g/mol. The first-order valence-electron chi connectivity index (χ1n) is 8.56. The van der Waals surface area contributed by atoms with Crippen LogP contribution in [-0.2, 0) is 4.74 Å². The molecule has 0 aliphatic carbocycles. The summed E-state index contributed by atoms with van der Waals surface area (Å²) in [4.78, 5) is 17.7. The smallest absolute Gasteiger partial charge is 0.226 e. The summed E-state index contributed by atoms with van der Waals surface area (Å²) in [5, 5.41) is 7.27. The van der Waals surface area contributed by atoms with Crippen LogP contribution in [0.1, 0.15) is 18.4 Å². The maximum Gasteiger partial charge on any atom is 0.226 e. The minimum Gasteiger partial charge on any atom is -0.376 e. The van der Waals surface area contributed by atoms with E-state index in [1.165, 1.54) is 0 Å². The maximum absolute atomic E-state index is 6.05. The second kappa shape index (κ2) is 7.39. The minimum atomic E-state index is 0.200. The van der Waals surface area contributed by atoms with Gasteiger partial charge in [-0.05, 0) is 43.5 Å². The van der Waals surface area contributed by atoms with Crippen LogP contribution in [0, 0.1) is 6.92 Å². The number of aryl methyl sites for hydroxylation is 1. The highest BCUT2D eigenvalue weighted by atomic mass is 35.5. The van der Waals surface area contributed by atoms with Gasteiger partial charge in [-0.2, -0.15) is 9.97 Å². The van der Waals surface area contributed by atoms with Gasteiger partial charge in [-0.15, -0.1) is 0 Å². The van der Waals surface area contributed by atoms with Crippen LogP contribution >= 0.6 is 11.6 Å². The molecule has 0 amide bonds. The number of ether oxygens (including phenoxy) is 1. The third-order valence-electron chi connectivity index (χ3n) is 4.29. The van der Waals surface area contributed by atoms with Gasteiger partial charge in [0, 0.05) is 36.3 Å². The van der Waals surface area contributed by atoms with E-state index < -0.39 is 0 Å². The first-order chi connectivity index (χ1) is 12.7. The summed E-state index contributed by atoms with van der Waals surface area (Å²) in [5.74, 6) is 1.10. The quantitative estimate of drug-likeness (QED) is 0.708. The van der Waals surface area contributed by atoms with Crippen molar-refractivity contribution in [1.82, 2.24) is 19.9 Å². The van der Waals surface area contributed by atoms with E-state index in [4.69, 9.17) is 16.3 Å². The van der Waals surface area contributed by atoms with Crippen LogP contribution in [0.2, 0.25) is 5.02 Å². The van der Waals surface area contributed by atoms with Gasteiger partial charge in [0.15, 0.2) is 17.0 Å². The molecule has 8 heteroatoms. The normalized spacial score (nSPS) is 16.8. The van der Waals surface area contributed by atoms with Crippen LogP contribution in [0.4, 0.5) is 17.5 Å². The Kier molecular flexibility index (Phi) is 4.81. The van der Waals surface area contributed by atoms with Crippen molar-refractivity contribution in [1.29, 1.82) is 0 Å². The van der Waals surface area contributed by atoms with E-state index >= 15 is 0 Å². The van der Waals surface area contributed by atoms with E-state index in [1.807, 2.05) is 25.1 Å². The second-order valence-corrected chi connectivity index (χ2v) is 6.66. The molecule has 1 fully saturated rings. The van der Waals surface area contributed by atoms with Crippen molar-refractivity contribution in [2.24, 2.45) is 0 Å². The zero-order valence-corrected chi connectivity index (χ0v) is 15.1. The molecule has 4 rings (SSSR count). The lowest BCUT2D eigenvalue weighted by atomic mass is 10.2. The fourth-order valence-electron chi connectivity index (χ4n) is 2.94. The number of benzene rings is 1. The Bertz CT molecular complexity index is 929. The van der Waals surface area contributed by atoms with E-state index in [9.17, 15) is 0 Å². The van der Waals surface area contributed by atoms with Gasteiger partial charge in [0.1, 0.15) is 0 Å². The number of halogens is 1. The molecular formula is C18H19ClN6O. The van der Waals surface area contributed by atoms with Crippen molar-refractivity contribution in [3.63, 3.8) is 0 Å². The molecule has 1 aromatic carbocycles. The molecule has 3 aromatic rings. The third-order valence-corrected chi connectivity index (χ3v) is 4.52. The standard InChI is InChI=1S/C18H19ClN6O/c1-11-9-12(19)4-5-14(11)23-17-15-16(21-7-6-20-15)24-18(25-17)22-10-13-3-2-8-26-13/h4-7,9,13H,2-3,8,10H2,1H3,(H2,21,22,23,24,25)/t13-/m1/s1. The van der Waals surface area contributed by atoms with Gasteiger partial charge in [-0.3, -0.25) is 0 Å². The summed E-state index contributed by atoms with van der Waals surface area (Å²) in [6.45, 7) is 3.48. The number of hydrogen-bond donors (Lipinski definition) is 2. The van der Waals surface area contributed by atoms with Crippen LogP contribution in [0.5, 0.6) is 0 Å². The lowest BCUT2D eigenvalue weighted by Gasteiger charge is -2.14. The second-order valence-electron chi connectivity index (χ2n) is 6.22. The minimum absolute atomic E-state index is 0.200. The summed E-state index contributed by atoms with van der Waals surface area (Å²) >= 11 is 6.05. The Balaban J connectivity index is 1.65. The Morgan fingerprint density at radius 1 is 1.23 bits per heavy atom. The molecule has 26 heavy (non-hydrogen) atoms. The summed E-state index contributed by atoms with van der Waals surface area (Å²) in [6.07, 6.45) is 5.60. The lowest BCUT2D eigenvalue weighted by molar-refractivity contribution is 0.120. The highest BCUT2D eigenvalue weighted by Crippen LogP contribution is 2.26. The SMILES string of the molecule is Cc1cc(Cl)ccc1Nc1nc(NC[C@H]2CCCO2)nc2nccnc12. The van der Waals surface area contributed by atoms with Crippen LogP contribution < -0.4 is 10.6 Å². The van der Waals surface area contributed by atoms with Gasteiger partial charge in [-0.25, -0.2) is 9.97 Å². The Morgan fingerprint density at radius 3 is 2.92 bits per heavy atom. The van der Waals surface area contributed by atoms with Gasteiger partial charge in [-0.1, -0.05) is 11.6 Å². The summed E-state index contributed by atoms with van der Waals surface area (Å²) in [5.41, 5.74) is 3.07. The summed E-state index contributed by atoms with van der Waals surface area (Å²) < 4.78 is 5.64. The van der Waals surface area contributed by atoms with Crippen LogP contribution in [0.15, 0.2) is 30.6 Å². The Labute approximate surface area is 156 Å². The van der Waals surface area contributed by atoms with E-state index in [0.29, 0.717) is 34.5 Å². The van der Waals surface area contributed by atoms with Crippen LogP contribution in [0.3, 0.4) is 0 Å². The van der Waals surface area contributed by atoms with Gasteiger partial charge in [0.05, 0.1) is 6.10 Å². The topological polar surface area (TPSA) is 84.9 Å². The number of anilines is 3. The molecule has 0 unspecified atom stereocenters. The molecule has 0 radical (unpaired) electrons. The predicted molar refractivity (Wildman–Crippen MR) is 102 cm³/mol. The summed E-state index contributed by atoms with van der Waals surface area (Å²) in [7, 11) is 0. The molecule has 1 aliphatic rings. The lowest BCUT2D eigenvalue weighted by Crippen LogP contribution is -2.20. The van der Waals surface area contributed by atoms with Crippen molar-refractivity contribution in [3.8, 4) is 0 Å². The molecule has 7 nitrogen and oxygen atoms in total. The molecule has 0 bridgehead atoms. The molecular weight excluding hydrogens is 352 g/mol. The maximum atomic E-state index is 6.05. The van der Waals surface area contributed by atoms with Crippen molar-refractivity contribution in [2.45, 2.75) is 25.9 Å². The highest BCUT2D eigenvalue weighted by Gasteiger charge is 2.17. The Hall–Kier alpha value is -2.51. The fourth-order valence-corrected chi connectivity index (χ4v) is 3.16. The zero-order valence-electron chi connectivity index (χ0n) is 14.4. The van der Waals surface area contributed by atoms with Crippen molar-refractivity contribution >= 4 is 40.2 Å². The molecule has 1 atom stereocenters. The van der Waals surface area contributed by atoms with Gasteiger partial charge >= 0.3 is 0 Å². The monoisotopic (exact) mass is 370 g/mol. The molecule has 0 saturated carbocycles. The van der Waals surface area contributed by atoms with Gasteiger partial charge in [0.25, 0.3) is 0 Å². The summed E-state index contributed by atoms with van der Waals surface area (Å²) in [6, 6.07) is 5.65. The number of nitrogens with zero attached hydrogens (tertiary/aromatic N) is 4. The average Bonchev–Trinajstić information content (AvgIpc) is 3.16. The van der Waals surface area contributed by atoms with Crippen LogP contribution in [0.25, 0.3) is 11.2 Å². The number of nitrogens with one attached hydrogen (secondary N) is 2. The molecule has 2 N–H and O–H groups in total. The Morgan fingerprint density at radius 2 is 2.12 bits per heavy atom. The number of rotatable bonds is 5. The van der Waals surface area contributed by atoms with E-state index in [-0.39, 0.29) is 6.10 Å². The molecule has 0 spiro atoms. The molecule has 134 valence electrons. The first kappa shape index (κ1) is 16.9. The van der Waals surface area contributed by atoms with Gasteiger partial charge < -0.3 is 15.4 Å². The molecule has 2 aromatic heterocycles. The molecule has 1 saturated heterocycles. The highest BCUT2D eigenvalue weighted by molar-refractivity contribution is 6.30. The molecule has 3 heterocycles. The molecule has 1 aliphatic heterocycles. The number of fused-ring (bicyclic) bond motifs is 1. The van der Waals surface area contributed by atoms with Crippen molar-refractivity contribution in [3.05, 3.63) is 41.2 Å². The largest absolute Gasteiger partial charge is 0.376 e. The fraction of sp³-hybridized carbons (Fsp3) is 0.333. The van der Waals surface area contributed by atoms with E-state index in [2.05, 4.69) is 30.6 Å². The predicted octanol–water partition coefficient (Wildman–Crippen LogP) is 3.72. The zero-order chi connectivity index (χ0) is 17.9. The number of hydrogen-bond acceptors (Lipinski definition) is 7. The third kappa shape index (κ3) is 3.68. The van der Waals surface area contributed by atoms with E-state index in [0.717, 1.165) is 30.7 Å².